The molecule has 0 radical (unpaired) electrons. The summed E-state index contributed by atoms with van der Waals surface area (Å²) in [5.41, 5.74) is 0.176. The fourth-order valence-corrected chi connectivity index (χ4v) is 1.19. The molecule has 0 aliphatic carbocycles. The van der Waals surface area contributed by atoms with Crippen molar-refractivity contribution in [1.29, 1.82) is 0 Å². The largest absolute Gasteiger partial charge is 0.478 e. The number of carboxylic acid groups (broad SMARTS) is 1. The van der Waals surface area contributed by atoms with Crippen LogP contribution in [-0.2, 0) is 9.59 Å². The van der Waals surface area contributed by atoms with Crippen LogP contribution >= 0.6 is 0 Å². The molecule has 90 valence electrons. The maximum atomic E-state index is 11.1. The van der Waals surface area contributed by atoms with E-state index in [0.29, 0.717) is 0 Å². The molecule has 1 rings (SSSR count). The van der Waals surface area contributed by atoms with Gasteiger partial charge in [-0.15, -0.1) is 6.58 Å². The molecule has 0 saturated carbocycles. The van der Waals surface area contributed by atoms with E-state index in [-0.39, 0.29) is 17.4 Å². The van der Waals surface area contributed by atoms with Crippen molar-refractivity contribution >= 4 is 11.9 Å². The summed E-state index contributed by atoms with van der Waals surface area (Å²) >= 11 is 0. The number of carbonyl (C=O) groups is 2. The van der Waals surface area contributed by atoms with Gasteiger partial charge >= 0.3 is 5.97 Å². The topological polar surface area (TPSA) is 66.4 Å². The first-order chi connectivity index (χ1) is 7.49. The quantitative estimate of drug-likeness (QED) is 0.555. The second-order valence-electron chi connectivity index (χ2n) is 3.71. The molecular weight excluding hydrogens is 206 g/mol. The maximum Gasteiger partial charge on any atom is 0.330 e. The number of carboxylic acids is 1. The van der Waals surface area contributed by atoms with Gasteiger partial charge in [0.2, 0.25) is 5.91 Å². The Labute approximate surface area is 96.0 Å². The summed E-state index contributed by atoms with van der Waals surface area (Å²) in [6.07, 6.45) is 4.95. The summed E-state index contributed by atoms with van der Waals surface area (Å²) in [6, 6.07) is 0. The van der Waals surface area contributed by atoms with Gasteiger partial charge in [0.05, 0.1) is 5.92 Å². The summed E-state index contributed by atoms with van der Waals surface area (Å²) in [7, 11) is 0. The van der Waals surface area contributed by atoms with Gasteiger partial charge in [-0.25, -0.2) is 4.79 Å². The molecule has 4 nitrogen and oxygen atoms in total. The summed E-state index contributed by atoms with van der Waals surface area (Å²) in [4.78, 5) is 20.7. The zero-order valence-corrected chi connectivity index (χ0v) is 9.66. The Morgan fingerprint density at radius 3 is 2.56 bits per heavy atom. The Morgan fingerprint density at radius 2 is 2.12 bits per heavy atom. The smallest absolute Gasteiger partial charge is 0.330 e. The summed E-state index contributed by atoms with van der Waals surface area (Å²) < 4.78 is 0. The van der Waals surface area contributed by atoms with E-state index in [9.17, 15) is 9.59 Å². The molecule has 16 heavy (non-hydrogen) atoms. The average molecular weight is 225 g/mol. The first kappa shape index (κ1) is 14.4. The van der Waals surface area contributed by atoms with E-state index >= 15 is 0 Å². The minimum Gasteiger partial charge on any atom is -0.478 e. The number of aliphatic carboxylic acids is 1. The van der Waals surface area contributed by atoms with E-state index < -0.39 is 5.97 Å². The molecule has 1 atom stereocenters. The molecule has 0 aromatic rings. The lowest BCUT2D eigenvalue weighted by Gasteiger charge is -2.05. The van der Waals surface area contributed by atoms with Crippen molar-refractivity contribution in [3.05, 3.63) is 24.8 Å². The summed E-state index contributed by atoms with van der Waals surface area (Å²) in [5.74, 6) is -0.731. The molecule has 1 fully saturated rings. The Morgan fingerprint density at radius 1 is 1.56 bits per heavy atom. The van der Waals surface area contributed by atoms with Crippen LogP contribution in [0.1, 0.15) is 26.2 Å². The predicted molar refractivity (Wildman–Crippen MR) is 63.0 cm³/mol. The zero-order chi connectivity index (χ0) is 12.6. The molecular formula is C12H19NO3. The van der Waals surface area contributed by atoms with Crippen molar-refractivity contribution in [2.75, 3.05) is 6.54 Å². The Balaban J connectivity index is 0.000000325. The molecule has 1 aliphatic rings. The van der Waals surface area contributed by atoms with Crippen LogP contribution in [0.25, 0.3) is 0 Å². The molecule has 0 bridgehead atoms. The predicted octanol–water partition coefficient (Wildman–Crippen LogP) is 1.74. The number of nitrogens with one attached hydrogen (secondary N) is 1. The normalized spacial score (nSPS) is 19.6. The molecule has 1 unspecified atom stereocenters. The second kappa shape index (κ2) is 7.68. The van der Waals surface area contributed by atoms with Crippen molar-refractivity contribution in [2.45, 2.75) is 26.2 Å². The highest BCUT2D eigenvalue weighted by molar-refractivity contribution is 5.84. The number of hydrogen-bond acceptors (Lipinski definition) is 2. The van der Waals surface area contributed by atoms with Crippen molar-refractivity contribution < 1.29 is 14.7 Å². The van der Waals surface area contributed by atoms with Crippen molar-refractivity contribution in [2.24, 2.45) is 5.92 Å². The lowest BCUT2D eigenvalue weighted by atomic mass is 10.0. The van der Waals surface area contributed by atoms with Crippen LogP contribution in [0.2, 0.25) is 0 Å². The van der Waals surface area contributed by atoms with Gasteiger partial charge in [-0.1, -0.05) is 19.1 Å². The van der Waals surface area contributed by atoms with Crippen LogP contribution in [0.3, 0.4) is 0 Å². The minimum atomic E-state index is -0.935. The summed E-state index contributed by atoms with van der Waals surface area (Å²) in [5, 5.41) is 10.7. The van der Waals surface area contributed by atoms with Crippen molar-refractivity contribution in [3.8, 4) is 0 Å². The van der Waals surface area contributed by atoms with Gasteiger partial charge in [0.15, 0.2) is 0 Å². The zero-order valence-electron chi connectivity index (χ0n) is 9.66. The van der Waals surface area contributed by atoms with Gasteiger partial charge in [0, 0.05) is 12.1 Å². The Kier molecular flexibility index (Phi) is 6.92. The third-order valence-electron chi connectivity index (χ3n) is 2.23. The average Bonchev–Trinajstić information content (AvgIpc) is 2.43. The van der Waals surface area contributed by atoms with E-state index in [1.54, 1.807) is 6.08 Å². The lowest BCUT2D eigenvalue weighted by Crippen LogP contribution is -2.27. The molecule has 4 heteroatoms. The van der Waals surface area contributed by atoms with E-state index in [1.807, 2.05) is 0 Å². The molecule has 0 aromatic heterocycles. The standard InChI is InChI=1S/C8H13NO.C4H6O2/c1-2-7-5-3-4-6-9-8(7)10;1-3(2)4(5)6/h2,7H,1,3-6H2,(H,9,10);1H2,2H3,(H,5,6). The molecule has 1 aliphatic heterocycles. The summed E-state index contributed by atoms with van der Waals surface area (Å²) in [6.45, 7) is 9.05. The van der Waals surface area contributed by atoms with Crippen molar-refractivity contribution in [1.82, 2.24) is 5.32 Å². The third kappa shape index (κ3) is 6.01. The Hall–Kier alpha value is -1.58. The lowest BCUT2D eigenvalue weighted by molar-refractivity contribution is -0.132. The second-order valence-corrected chi connectivity index (χ2v) is 3.71. The first-order valence-corrected chi connectivity index (χ1v) is 5.28. The van der Waals surface area contributed by atoms with E-state index in [4.69, 9.17) is 5.11 Å². The van der Waals surface area contributed by atoms with Gasteiger partial charge < -0.3 is 10.4 Å². The SMILES string of the molecule is C=C(C)C(=O)O.C=CC1CCCCNC1=O. The van der Waals surface area contributed by atoms with Crippen LogP contribution in [0.15, 0.2) is 24.8 Å². The van der Waals surface area contributed by atoms with Crippen molar-refractivity contribution in [3.63, 3.8) is 0 Å². The fraction of sp³-hybridized carbons (Fsp3) is 0.500. The number of amides is 1. The number of carbonyl (C=O) groups excluding carboxylic acids is 1. The molecule has 0 aromatic carbocycles. The highest BCUT2D eigenvalue weighted by Crippen LogP contribution is 2.12. The number of rotatable bonds is 2. The molecule has 1 amide bonds. The van der Waals surface area contributed by atoms with Gasteiger partial charge in [-0.05, 0) is 19.8 Å². The molecule has 1 saturated heterocycles. The molecule has 0 spiro atoms. The van der Waals surface area contributed by atoms with Crippen LogP contribution in [0, 0.1) is 5.92 Å². The van der Waals surface area contributed by atoms with Crippen LogP contribution in [0.5, 0.6) is 0 Å². The fourth-order valence-electron chi connectivity index (χ4n) is 1.19. The highest BCUT2D eigenvalue weighted by Gasteiger charge is 2.16. The monoisotopic (exact) mass is 225 g/mol. The number of hydrogen-bond donors (Lipinski definition) is 2. The molecule has 2 N–H and O–H groups in total. The highest BCUT2D eigenvalue weighted by atomic mass is 16.4. The van der Waals surface area contributed by atoms with Gasteiger partial charge in [0.1, 0.15) is 0 Å². The van der Waals surface area contributed by atoms with E-state index in [0.717, 1.165) is 25.8 Å². The van der Waals surface area contributed by atoms with E-state index in [2.05, 4.69) is 18.5 Å². The van der Waals surface area contributed by atoms with Crippen LogP contribution < -0.4 is 5.32 Å². The first-order valence-electron chi connectivity index (χ1n) is 5.28. The van der Waals surface area contributed by atoms with E-state index in [1.165, 1.54) is 6.92 Å². The third-order valence-corrected chi connectivity index (χ3v) is 2.23. The van der Waals surface area contributed by atoms with Gasteiger partial charge in [-0.2, -0.15) is 0 Å². The van der Waals surface area contributed by atoms with Crippen LogP contribution in [-0.4, -0.2) is 23.5 Å². The minimum absolute atomic E-state index is 0.0579. The van der Waals surface area contributed by atoms with Gasteiger partial charge in [-0.3, -0.25) is 4.79 Å². The molecule has 1 heterocycles. The van der Waals surface area contributed by atoms with Gasteiger partial charge in [0.25, 0.3) is 0 Å². The maximum absolute atomic E-state index is 11.1. The van der Waals surface area contributed by atoms with Crippen LogP contribution in [0.4, 0.5) is 0 Å². The Bertz CT molecular complexity index is 272.